The van der Waals surface area contributed by atoms with Crippen LogP contribution in [0.2, 0.25) is 0 Å². The molecular weight excluding hydrogens is 352 g/mol. The first-order chi connectivity index (χ1) is 7.59. The van der Waals surface area contributed by atoms with Crippen LogP contribution in [0.25, 0.3) is 0 Å². The SMILES string of the molecule is Nc1c(Br)cc(Br)cc1[C@H](N)c1ccsc1. The van der Waals surface area contributed by atoms with Gasteiger partial charge in [0.15, 0.2) is 0 Å². The van der Waals surface area contributed by atoms with Gasteiger partial charge in [-0.15, -0.1) is 0 Å². The van der Waals surface area contributed by atoms with Crippen molar-refractivity contribution in [1.29, 1.82) is 0 Å². The van der Waals surface area contributed by atoms with Gasteiger partial charge in [-0.3, -0.25) is 0 Å². The molecule has 4 N–H and O–H groups in total. The van der Waals surface area contributed by atoms with Crippen LogP contribution in [0.1, 0.15) is 17.2 Å². The summed E-state index contributed by atoms with van der Waals surface area (Å²) in [7, 11) is 0. The van der Waals surface area contributed by atoms with Crippen molar-refractivity contribution < 1.29 is 0 Å². The summed E-state index contributed by atoms with van der Waals surface area (Å²) in [6, 6.07) is 5.71. The maximum Gasteiger partial charge on any atom is 0.0581 e. The topological polar surface area (TPSA) is 52.0 Å². The van der Waals surface area contributed by atoms with Gasteiger partial charge in [-0.1, -0.05) is 15.9 Å². The average Bonchev–Trinajstić information content (AvgIpc) is 2.75. The van der Waals surface area contributed by atoms with E-state index < -0.39 is 0 Å². The fraction of sp³-hybridized carbons (Fsp3) is 0.0909. The standard InChI is InChI=1S/C11H10Br2N2S/c12-7-3-8(11(15)9(13)4-7)10(14)6-1-2-16-5-6/h1-5,10H,14-15H2/t10-/m1/s1. The number of rotatable bonds is 2. The van der Waals surface area contributed by atoms with Crippen molar-refractivity contribution in [2.75, 3.05) is 5.73 Å². The first-order valence-corrected chi connectivity index (χ1v) is 7.14. The van der Waals surface area contributed by atoms with Crippen LogP contribution >= 0.6 is 43.2 Å². The van der Waals surface area contributed by atoms with E-state index in [1.807, 2.05) is 29.0 Å². The summed E-state index contributed by atoms with van der Waals surface area (Å²) in [6.45, 7) is 0. The maximum atomic E-state index is 6.18. The normalized spacial score (nSPS) is 12.7. The lowest BCUT2D eigenvalue weighted by atomic mass is 10.0. The number of hydrogen-bond acceptors (Lipinski definition) is 3. The van der Waals surface area contributed by atoms with Crippen LogP contribution in [0, 0.1) is 0 Å². The summed E-state index contributed by atoms with van der Waals surface area (Å²) in [5.74, 6) is 0. The summed E-state index contributed by atoms with van der Waals surface area (Å²) in [4.78, 5) is 0. The van der Waals surface area contributed by atoms with Crippen LogP contribution < -0.4 is 11.5 Å². The fourth-order valence-corrected chi connectivity index (χ4v) is 3.45. The van der Waals surface area contributed by atoms with Crippen LogP contribution in [0.4, 0.5) is 5.69 Å². The molecule has 2 nitrogen and oxygen atoms in total. The third-order valence-corrected chi connectivity index (χ3v) is 4.18. The van der Waals surface area contributed by atoms with Gasteiger partial charge in [0.25, 0.3) is 0 Å². The Hall–Kier alpha value is -0.360. The zero-order chi connectivity index (χ0) is 11.7. The molecule has 0 aliphatic rings. The lowest BCUT2D eigenvalue weighted by Gasteiger charge is -2.15. The van der Waals surface area contributed by atoms with Crippen molar-refractivity contribution in [1.82, 2.24) is 0 Å². The summed E-state index contributed by atoms with van der Waals surface area (Å²) in [6.07, 6.45) is 0. The molecule has 1 atom stereocenters. The minimum atomic E-state index is -0.181. The zero-order valence-electron chi connectivity index (χ0n) is 8.28. The Bertz CT molecular complexity index is 497. The molecule has 0 radical (unpaired) electrons. The molecule has 5 heteroatoms. The molecular formula is C11H10Br2N2S. The van der Waals surface area contributed by atoms with Gasteiger partial charge in [0.2, 0.25) is 0 Å². The van der Waals surface area contributed by atoms with E-state index in [0.29, 0.717) is 5.69 Å². The van der Waals surface area contributed by atoms with E-state index >= 15 is 0 Å². The van der Waals surface area contributed by atoms with Gasteiger partial charge >= 0.3 is 0 Å². The summed E-state index contributed by atoms with van der Waals surface area (Å²) in [5.41, 5.74) is 14.9. The molecule has 0 aliphatic heterocycles. The Morgan fingerprint density at radius 2 is 2.00 bits per heavy atom. The first kappa shape index (κ1) is 12.1. The summed E-state index contributed by atoms with van der Waals surface area (Å²) in [5, 5.41) is 4.05. The van der Waals surface area contributed by atoms with E-state index in [1.165, 1.54) is 0 Å². The number of halogens is 2. The van der Waals surface area contributed by atoms with E-state index in [9.17, 15) is 0 Å². The van der Waals surface area contributed by atoms with Crippen molar-refractivity contribution in [3.05, 3.63) is 49.0 Å². The third kappa shape index (κ3) is 2.32. The minimum absolute atomic E-state index is 0.181. The van der Waals surface area contributed by atoms with Crippen molar-refractivity contribution in [2.24, 2.45) is 5.73 Å². The molecule has 0 bridgehead atoms. The maximum absolute atomic E-state index is 6.18. The average molecular weight is 362 g/mol. The van der Waals surface area contributed by atoms with E-state index in [1.54, 1.807) is 11.3 Å². The Labute approximate surface area is 115 Å². The Morgan fingerprint density at radius 3 is 2.62 bits per heavy atom. The molecule has 1 aromatic carbocycles. The molecule has 1 aromatic heterocycles. The van der Waals surface area contributed by atoms with Crippen LogP contribution in [0.15, 0.2) is 37.9 Å². The molecule has 0 saturated carbocycles. The van der Waals surface area contributed by atoms with Crippen LogP contribution in [0.5, 0.6) is 0 Å². The molecule has 0 fully saturated rings. The van der Waals surface area contributed by atoms with Crippen LogP contribution in [-0.4, -0.2) is 0 Å². The minimum Gasteiger partial charge on any atom is -0.398 e. The van der Waals surface area contributed by atoms with Crippen LogP contribution in [0.3, 0.4) is 0 Å². The van der Waals surface area contributed by atoms with E-state index in [2.05, 4.69) is 31.9 Å². The molecule has 0 aliphatic carbocycles. The Balaban J connectivity index is 2.48. The molecule has 0 amide bonds. The predicted molar refractivity (Wildman–Crippen MR) is 76.6 cm³/mol. The van der Waals surface area contributed by atoms with Gasteiger partial charge in [-0.05, 0) is 56.0 Å². The molecule has 16 heavy (non-hydrogen) atoms. The molecule has 0 saturated heterocycles. The smallest absolute Gasteiger partial charge is 0.0581 e. The predicted octanol–water partition coefficient (Wildman–Crippen LogP) is 3.90. The van der Waals surface area contributed by atoms with E-state index in [-0.39, 0.29) is 6.04 Å². The highest BCUT2D eigenvalue weighted by molar-refractivity contribution is 9.11. The fourth-order valence-electron chi connectivity index (χ4n) is 1.49. The van der Waals surface area contributed by atoms with E-state index in [0.717, 1.165) is 20.1 Å². The van der Waals surface area contributed by atoms with Crippen molar-refractivity contribution in [3.8, 4) is 0 Å². The van der Waals surface area contributed by atoms with Gasteiger partial charge < -0.3 is 11.5 Å². The number of anilines is 1. The highest BCUT2D eigenvalue weighted by Crippen LogP contribution is 2.34. The monoisotopic (exact) mass is 360 g/mol. The van der Waals surface area contributed by atoms with Crippen LogP contribution in [-0.2, 0) is 0 Å². The van der Waals surface area contributed by atoms with Gasteiger partial charge in [-0.2, -0.15) is 11.3 Å². The second-order valence-corrected chi connectivity index (χ2v) is 5.97. The molecule has 1 heterocycles. The Kier molecular flexibility index (Phi) is 3.69. The van der Waals surface area contributed by atoms with Crippen molar-refractivity contribution >= 4 is 48.9 Å². The van der Waals surface area contributed by atoms with Gasteiger partial charge in [-0.25, -0.2) is 0 Å². The second-order valence-electron chi connectivity index (χ2n) is 3.42. The quantitative estimate of drug-likeness (QED) is 0.797. The number of hydrogen-bond donors (Lipinski definition) is 2. The largest absolute Gasteiger partial charge is 0.398 e. The molecule has 84 valence electrons. The number of benzene rings is 1. The highest BCUT2D eigenvalue weighted by atomic mass is 79.9. The first-order valence-electron chi connectivity index (χ1n) is 4.61. The number of nitrogens with two attached hydrogens (primary N) is 2. The molecule has 0 spiro atoms. The van der Waals surface area contributed by atoms with Crippen molar-refractivity contribution in [2.45, 2.75) is 6.04 Å². The highest BCUT2D eigenvalue weighted by Gasteiger charge is 2.15. The molecule has 0 unspecified atom stereocenters. The number of thiophene rings is 1. The van der Waals surface area contributed by atoms with E-state index in [4.69, 9.17) is 11.5 Å². The zero-order valence-corrected chi connectivity index (χ0v) is 12.3. The molecule has 2 aromatic rings. The summed E-state index contributed by atoms with van der Waals surface area (Å²) < 4.78 is 1.83. The lowest BCUT2D eigenvalue weighted by molar-refractivity contribution is 0.878. The second kappa shape index (κ2) is 4.87. The molecule has 2 rings (SSSR count). The Morgan fingerprint density at radius 1 is 1.25 bits per heavy atom. The van der Waals surface area contributed by atoms with Gasteiger partial charge in [0.1, 0.15) is 0 Å². The van der Waals surface area contributed by atoms with Gasteiger partial charge in [0, 0.05) is 8.95 Å². The summed E-state index contributed by atoms with van der Waals surface area (Å²) >= 11 is 8.49. The lowest BCUT2D eigenvalue weighted by Crippen LogP contribution is -2.13. The number of nitrogen functional groups attached to an aromatic ring is 1. The third-order valence-electron chi connectivity index (χ3n) is 2.36. The van der Waals surface area contributed by atoms with Crippen molar-refractivity contribution in [3.63, 3.8) is 0 Å². The van der Waals surface area contributed by atoms with Gasteiger partial charge in [0.05, 0.1) is 11.7 Å².